The first kappa shape index (κ1) is 27.3. The average Bonchev–Trinajstić information content (AvgIpc) is 3.22. The van der Waals surface area contributed by atoms with Gasteiger partial charge in [0.1, 0.15) is 18.1 Å². The summed E-state index contributed by atoms with van der Waals surface area (Å²) in [4.78, 5) is 60.5. The van der Waals surface area contributed by atoms with Gasteiger partial charge in [0.25, 0.3) is 0 Å². The van der Waals surface area contributed by atoms with Crippen LogP contribution >= 0.6 is 0 Å². The first-order chi connectivity index (χ1) is 14.9. The van der Waals surface area contributed by atoms with Crippen LogP contribution in [0.4, 0.5) is 0 Å². The van der Waals surface area contributed by atoms with E-state index in [1.54, 1.807) is 13.8 Å². The summed E-state index contributed by atoms with van der Waals surface area (Å²) in [6.45, 7) is 5.57. The first-order valence-electron chi connectivity index (χ1n) is 10.8. The van der Waals surface area contributed by atoms with Gasteiger partial charge in [0, 0.05) is 6.42 Å². The van der Waals surface area contributed by atoms with Crippen LogP contribution in [0.25, 0.3) is 0 Å². The van der Waals surface area contributed by atoms with E-state index in [0.29, 0.717) is 13.0 Å². The summed E-state index contributed by atoms with van der Waals surface area (Å²) in [7, 11) is 0. The Balaban J connectivity index is 2.91. The molecular weight excluding hydrogens is 422 g/mol. The highest BCUT2D eigenvalue weighted by Crippen LogP contribution is 2.08. The van der Waals surface area contributed by atoms with E-state index in [1.807, 2.05) is 0 Å². The van der Waals surface area contributed by atoms with E-state index in [1.165, 1.54) is 6.92 Å². The Hall–Kier alpha value is -2.73. The lowest BCUT2D eigenvalue weighted by atomic mass is 10.0. The van der Waals surface area contributed by atoms with E-state index in [0.717, 1.165) is 6.42 Å². The SMILES string of the molecule is CC(C)CC(NC(=O)C(CCC(N)=O)NC(=O)C(NC(=O)C1CCCN1)C(C)O)C(=O)O. The molecule has 1 fully saturated rings. The predicted octanol–water partition coefficient (Wildman–Crippen LogP) is -2.03. The van der Waals surface area contributed by atoms with Crippen LogP contribution in [0.1, 0.15) is 52.9 Å². The highest BCUT2D eigenvalue weighted by atomic mass is 16.4. The number of nitrogens with one attached hydrogen (secondary N) is 4. The summed E-state index contributed by atoms with van der Waals surface area (Å²) < 4.78 is 0. The zero-order chi connectivity index (χ0) is 24.4. The lowest BCUT2D eigenvalue weighted by molar-refractivity contribution is -0.143. The highest BCUT2D eigenvalue weighted by molar-refractivity contribution is 5.94. The fraction of sp³-hybridized carbons (Fsp3) is 0.750. The summed E-state index contributed by atoms with van der Waals surface area (Å²) >= 11 is 0. The molecule has 0 radical (unpaired) electrons. The Labute approximate surface area is 187 Å². The third-order valence-corrected chi connectivity index (χ3v) is 5.07. The third-order valence-electron chi connectivity index (χ3n) is 5.07. The van der Waals surface area contributed by atoms with Gasteiger partial charge in [-0.25, -0.2) is 4.79 Å². The predicted molar refractivity (Wildman–Crippen MR) is 114 cm³/mol. The number of carboxylic acid groups (broad SMARTS) is 1. The van der Waals surface area contributed by atoms with Crippen molar-refractivity contribution in [2.45, 2.75) is 83.1 Å². The summed E-state index contributed by atoms with van der Waals surface area (Å²) in [6.07, 6.45) is -0.120. The number of hydrogen-bond acceptors (Lipinski definition) is 7. The molecule has 5 atom stereocenters. The van der Waals surface area contributed by atoms with Gasteiger partial charge in [-0.05, 0) is 45.1 Å². The molecule has 1 aliphatic heterocycles. The maximum atomic E-state index is 12.8. The molecule has 0 aromatic heterocycles. The van der Waals surface area contributed by atoms with E-state index < -0.39 is 59.9 Å². The van der Waals surface area contributed by atoms with Crippen LogP contribution in [-0.2, 0) is 24.0 Å². The molecular formula is C20H35N5O7. The number of hydrogen-bond donors (Lipinski definition) is 7. The van der Waals surface area contributed by atoms with Crippen LogP contribution < -0.4 is 27.0 Å². The lowest BCUT2D eigenvalue weighted by Gasteiger charge is -2.26. The molecule has 1 aliphatic rings. The number of nitrogens with two attached hydrogens (primary N) is 1. The van der Waals surface area contributed by atoms with Crippen LogP contribution in [0.2, 0.25) is 0 Å². The van der Waals surface area contributed by atoms with Gasteiger partial charge in [-0.2, -0.15) is 0 Å². The second-order valence-corrected chi connectivity index (χ2v) is 8.47. The number of primary amides is 1. The zero-order valence-electron chi connectivity index (χ0n) is 18.7. The van der Waals surface area contributed by atoms with Gasteiger partial charge in [-0.1, -0.05) is 13.8 Å². The Bertz CT molecular complexity index is 692. The maximum absolute atomic E-state index is 12.8. The Kier molecular flexibility index (Phi) is 11.1. The number of aliphatic hydroxyl groups is 1. The molecule has 4 amide bonds. The molecule has 1 rings (SSSR count). The van der Waals surface area contributed by atoms with Crippen molar-refractivity contribution < 1.29 is 34.2 Å². The van der Waals surface area contributed by atoms with Gasteiger partial charge >= 0.3 is 5.97 Å². The average molecular weight is 458 g/mol. The summed E-state index contributed by atoms with van der Waals surface area (Å²) in [5.41, 5.74) is 5.15. The van der Waals surface area contributed by atoms with Gasteiger partial charge in [0.05, 0.1) is 12.1 Å². The second-order valence-electron chi connectivity index (χ2n) is 8.47. The lowest BCUT2D eigenvalue weighted by Crippen LogP contribution is -2.59. The van der Waals surface area contributed by atoms with E-state index in [2.05, 4.69) is 21.3 Å². The molecule has 0 aromatic carbocycles. The van der Waals surface area contributed by atoms with Gasteiger partial charge in [0.15, 0.2) is 0 Å². The monoisotopic (exact) mass is 457 g/mol. The molecule has 5 unspecified atom stereocenters. The van der Waals surface area contributed by atoms with E-state index >= 15 is 0 Å². The normalized spacial score (nSPS) is 19.5. The number of carbonyl (C=O) groups is 5. The minimum absolute atomic E-state index is 0.0194. The van der Waals surface area contributed by atoms with Crippen LogP contribution in [0.5, 0.6) is 0 Å². The number of aliphatic hydroxyl groups excluding tert-OH is 1. The number of rotatable bonds is 13. The maximum Gasteiger partial charge on any atom is 0.326 e. The molecule has 1 saturated heterocycles. The van der Waals surface area contributed by atoms with Gasteiger partial charge < -0.3 is 37.2 Å². The second kappa shape index (κ2) is 13.0. The molecule has 182 valence electrons. The van der Waals surface area contributed by atoms with Crippen LogP contribution in [0.3, 0.4) is 0 Å². The van der Waals surface area contributed by atoms with Crippen LogP contribution in [-0.4, -0.2) is 76.6 Å². The molecule has 0 aromatic rings. The molecule has 1 heterocycles. The van der Waals surface area contributed by atoms with Crippen molar-refractivity contribution >= 4 is 29.6 Å². The van der Waals surface area contributed by atoms with Crippen molar-refractivity contribution in [2.24, 2.45) is 11.7 Å². The fourth-order valence-corrected chi connectivity index (χ4v) is 3.35. The number of carbonyl (C=O) groups excluding carboxylic acids is 4. The largest absolute Gasteiger partial charge is 0.480 e. The van der Waals surface area contributed by atoms with Gasteiger partial charge in [-0.3, -0.25) is 19.2 Å². The van der Waals surface area contributed by atoms with Crippen molar-refractivity contribution in [2.75, 3.05) is 6.54 Å². The summed E-state index contributed by atoms with van der Waals surface area (Å²) in [6, 6.07) is -4.30. The van der Waals surface area contributed by atoms with Crippen molar-refractivity contribution in [3.05, 3.63) is 0 Å². The zero-order valence-corrected chi connectivity index (χ0v) is 18.7. The Morgan fingerprint density at radius 3 is 2.12 bits per heavy atom. The molecule has 0 saturated carbocycles. The van der Waals surface area contributed by atoms with Crippen molar-refractivity contribution in [3.8, 4) is 0 Å². The minimum Gasteiger partial charge on any atom is -0.480 e. The van der Waals surface area contributed by atoms with Crippen LogP contribution in [0, 0.1) is 5.92 Å². The molecule has 0 aliphatic carbocycles. The molecule has 8 N–H and O–H groups in total. The van der Waals surface area contributed by atoms with Crippen molar-refractivity contribution in [3.63, 3.8) is 0 Å². The smallest absolute Gasteiger partial charge is 0.326 e. The molecule has 0 bridgehead atoms. The van der Waals surface area contributed by atoms with Gasteiger partial charge in [0.2, 0.25) is 23.6 Å². The van der Waals surface area contributed by atoms with Gasteiger partial charge in [-0.15, -0.1) is 0 Å². The van der Waals surface area contributed by atoms with E-state index in [9.17, 15) is 34.2 Å². The summed E-state index contributed by atoms with van der Waals surface area (Å²) in [5, 5.41) is 29.6. The van der Waals surface area contributed by atoms with Crippen molar-refractivity contribution in [1.82, 2.24) is 21.3 Å². The first-order valence-corrected chi connectivity index (χ1v) is 10.8. The standard InChI is InChI=1S/C20H35N5O7/c1-10(2)9-14(20(31)32)24-18(29)13(6-7-15(21)27)23-19(30)16(11(3)26)25-17(28)12-5-4-8-22-12/h10-14,16,22,26H,4-9H2,1-3H3,(H2,21,27)(H,23,30)(H,24,29)(H,25,28)(H,31,32). The minimum atomic E-state index is -1.35. The fourth-order valence-electron chi connectivity index (χ4n) is 3.35. The van der Waals surface area contributed by atoms with Crippen LogP contribution in [0.15, 0.2) is 0 Å². The quantitative estimate of drug-likeness (QED) is 0.164. The number of carboxylic acids is 1. The number of amides is 4. The topological polar surface area (TPSA) is 200 Å². The highest BCUT2D eigenvalue weighted by Gasteiger charge is 2.33. The molecule has 32 heavy (non-hydrogen) atoms. The molecule has 12 heteroatoms. The van der Waals surface area contributed by atoms with E-state index in [-0.39, 0.29) is 25.2 Å². The number of aliphatic carboxylic acids is 1. The Morgan fingerprint density at radius 2 is 1.66 bits per heavy atom. The molecule has 0 spiro atoms. The molecule has 12 nitrogen and oxygen atoms in total. The van der Waals surface area contributed by atoms with Crippen molar-refractivity contribution in [1.29, 1.82) is 0 Å². The Morgan fingerprint density at radius 1 is 1.03 bits per heavy atom. The third kappa shape index (κ3) is 9.18. The van der Waals surface area contributed by atoms with E-state index in [4.69, 9.17) is 5.73 Å². The summed E-state index contributed by atoms with van der Waals surface area (Å²) in [5.74, 6) is -4.06.